The maximum atomic E-state index is 10.9. The average molecular weight is 198 g/mol. The molecule has 0 saturated carbocycles. The molecule has 14 heavy (non-hydrogen) atoms. The predicted molar refractivity (Wildman–Crippen MR) is 49.5 cm³/mol. The minimum Gasteiger partial charge on any atom is -0.469 e. The molecule has 1 N–H and O–H groups in total. The second kappa shape index (κ2) is 4.23. The van der Waals surface area contributed by atoms with Crippen molar-refractivity contribution in [1.82, 2.24) is 9.78 Å². The summed E-state index contributed by atoms with van der Waals surface area (Å²) in [5.74, 6) is -0.432. The Morgan fingerprint density at radius 1 is 1.79 bits per heavy atom. The largest absolute Gasteiger partial charge is 0.469 e. The zero-order chi connectivity index (χ0) is 10.7. The Bertz CT molecular complexity index is 313. The number of methoxy groups -OCH3 is 1. The highest BCUT2D eigenvalue weighted by Gasteiger charge is 2.18. The van der Waals surface area contributed by atoms with E-state index in [9.17, 15) is 9.90 Å². The first-order valence-corrected chi connectivity index (χ1v) is 4.29. The number of aliphatic hydroxyl groups is 1. The lowest BCUT2D eigenvalue weighted by Crippen LogP contribution is -2.12. The molecule has 0 spiro atoms. The number of carbonyl (C=O) groups is 1. The van der Waals surface area contributed by atoms with E-state index in [1.165, 1.54) is 7.11 Å². The van der Waals surface area contributed by atoms with E-state index in [-0.39, 0.29) is 6.42 Å². The molecule has 78 valence electrons. The molecule has 0 bridgehead atoms. The molecular weight excluding hydrogens is 184 g/mol. The number of aromatic nitrogens is 2. The fourth-order valence-electron chi connectivity index (χ4n) is 1.37. The molecule has 0 saturated heterocycles. The number of esters is 1. The Balaban J connectivity index is 2.78. The lowest BCUT2D eigenvalue weighted by atomic mass is 10.1. The van der Waals surface area contributed by atoms with E-state index in [1.807, 2.05) is 6.92 Å². The summed E-state index contributed by atoms with van der Waals surface area (Å²) in [6.07, 6.45) is 0.752. The van der Waals surface area contributed by atoms with Crippen LogP contribution in [0.2, 0.25) is 0 Å². The average Bonchev–Trinajstić information content (AvgIpc) is 2.46. The smallest absolute Gasteiger partial charge is 0.308 e. The number of hydrogen-bond acceptors (Lipinski definition) is 4. The van der Waals surface area contributed by atoms with Gasteiger partial charge in [0.05, 0.1) is 25.4 Å². The summed E-state index contributed by atoms with van der Waals surface area (Å²) in [5, 5.41) is 13.7. The molecule has 0 radical (unpaired) electrons. The van der Waals surface area contributed by atoms with Crippen molar-refractivity contribution >= 4 is 5.97 Å². The van der Waals surface area contributed by atoms with Crippen molar-refractivity contribution in [3.63, 3.8) is 0 Å². The Kier molecular flexibility index (Phi) is 3.24. The summed E-state index contributed by atoms with van der Waals surface area (Å²) in [6, 6.07) is 0. The summed E-state index contributed by atoms with van der Waals surface area (Å²) in [7, 11) is 3.02. The topological polar surface area (TPSA) is 64.3 Å². The molecule has 0 aromatic carbocycles. The van der Waals surface area contributed by atoms with Gasteiger partial charge in [0.15, 0.2) is 0 Å². The lowest BCUT2D eigenvalue weighted by Gasteiger charge is -2.10. The molecule has 0 unspecified atom stereocenters. The van der Waals surface area contributed by atoms with Crippen molar-refractivity contribution in [1.29, 1.82) is 0 Å². The van der Waals surface area contributed by atoms with Crippen LogP contribution in [0.1, 0.15) is 23.8 Å². The van der Waals surface area contributed by atoms with Crippen molar-refractivity contribution in [2.24, 2.45) is 7.05 Å². The van der Waals surface area contributed by atoms with Crippen LogP contribution in [0.3, 0.4) is 0 Å². The van der Waals surface area contributed by atoms with E-state index in [4.69, 9.17) is 0 Å². The Morgan fingerprint density at radius 3 is 2.86 bits per heavy atom. The highest BCUT2D eigenvalue weighted by molar-refractivity contribution is 5.70. The molecule has 0 fully saturated rings. The van der Waals surface area contributed by atoms with Gasteiger partial charge in [-0.05, 0) is 12.5 Å². The standard InChI is InChI=1S/C9H14N2O3/c1-6-5-10-11(2)9(6)7(12)4-8(13)14-3/h5,7,12H,4H2,1-3H3/t7-/m0/s1. The minimum atomic E-state index is -0.852. The predicted octanol–water partition coefficient (Wildman–Crippen LogP) is 0.325. The van der Waals surface area contributed by atoms with E-state index < -0.39 is 12.1 Å². The molecule has 1 atom stereocenters. The first-order valence-electron chi connectivity index (χ1n) is 4.29. The van der Waals surface area contributed by atoms with Crippen LogP contribution in [-0.2, 0) is 16.6 Å². The summed E-state index contributed by atoms with van der Waals surface area (Å²) < 4.78 is 6.03. The lowest BCUT2D eigenvalue weighted by molar-refractivity contribution is -0.143. The molecule has 0 aliphatic carbocycles. The molecule has 1 aromatic heterocycles. The second-order valence-electron chi connectivity index (χ2n) is 3.13. The highest BCUT2D eigenvalue weighted by atomic mass is 16.5. The number of nitrogens with zero attached hydrogens (tertiary/aromatic N) is 2. The molecule has 0 aliphatic heterocycles. The van der Waals surface area contributed by atoms with Crippen LogP contribution in [0.15, 0.2) is 6.20 Å². The number of carbonyl (C=O) groups excluding carboxylic acids is 1. The summed E-state index contributed by atoms with van der Waals surface area (Å²) in [6.45, 7) is 1.84. The summed E-state index contributed by atoms with van der Waals surface area (Å²) in [5.41, 5.74) is 1.51. The van der Waals surface area contributed by atoms with Crippen LogP contribution in [0.25, 0.3) is 0 Å². The van der Waals surface area contributed by atoms with Crippen LogP contribution in [-0.4, -0.2) is 28.0 Å². The van der Waals surface area contributed by atoms with Gasteiger partial charge in [-0.15, -0.1) is 0 Å². The maximum absolute atomic E-state index is 10.9. The van der Waals surface area contributed by atoms with E-state index in [0.717, 1.165) is 5.56 Å². The number of rotatable bonds is 3. The molecule has 0 amide bonds. The monoisotopic (exact) mass is 198 g/mol. The zero-order valence-electron chi connectivity index (χ0n) is 8.52. The summed E-state index contributed by atoms with van der Waals surface area (Å²) in [4.78, 5) is 10.9. The van der Waals surface area contributed by atoms with Crippen molar-refractivity contribution in [3.8, 4) is 0 Å². The van der Waals surface area contributed by atoms with E-state index in [1.54, 1.807) is 17.9 Å². The van der Waals surface area contributed by atoms with E-state index in [0.29, 0.717) is 5.69 Å². The SMILES string of the molecule is COC(=O)C[C@H](O)c1c(C)cnn1C. The van der Waals surface area contributed by atoms with Gasteiger partial charge in [-0.2, -0.15) is 5.10 Å². The summed E-state index contributed by atoms with van der Waals surface area (Å²) >= 11 is 0. The minimum absolute atomic E-state index is 0.0448. The van der Waals surface area contributed by atoms with Gasteiger partial charge in [-0.3, -0.25) is 9.48 Å². The van der Waals surface area contributed by atoms with Gasteiger partial charge in [0, 0.05) is 7.05 Å². The van der Waals surface area contributed by atoms with Gasteiger partial charge in [0.1, 0.15) is 6.10 Å². The van der Waals surface area contributed by atoms with Crippen LogP contribution < -0.4 is 0 Å². The molecule has 1 heterocycles. The van der Waals surface area contributed by atoms with Crippen LogP contribution in [0, 0.1) is 6.92 Å². The number of aryl methyl sites for hydroxylation is 2. The fraction of sp³-hybridized carbons (Fsp3) is 0.556. The molecule has 5 nitrogen and oxygen atoms in total. The maximum Gasteiger partial charge on any atom is 0.308 e. The van der Waals surface area contributed by atoms with Crippen LogP contribution in [0.4, 0.5) is 0 Å². The molecule has 1 aromatic rings. The van der Waals surface area contributed by atoms with E-state index in [2.05, 4.69) is 9.84 Å². The number of ether oxygens (including phenoxy) is 1. The third-order valence-electron chi connectivity index (χ3n) is 2.08. The third-order valence-corrected chi connectivity index (χ3v) is 2.08. The quantitative estimate of drug-likeness (QED) is 0.710. The van der Waals surface area contributed by atoms with Gasteiger partial charge >= 0.3 is 5.97 Å². The Morgan fingerprint density at radius 2 is 2.43 bits per heavy atom. The molecule has 0 aliphatic rings. The van der Waals surface area contributed by atoms with Gasteiger partial charge in [0.25, 0.3) is 0 Å². The van der Waals surface area contributed by atoms with Crippen LogP contribution in [0.5, 0.6) is 0 Å². The second-order valence-corrected chi connectivity index (χ2v) is 3.13. The first kappa shape index (κ1) is 10.7. The van der Waals surface area contributed by atoms with Crippen molar-refractivity contribution in [2.45, 2.75) is 19.4 Å². The van der Waals surface area contributed by atoms with Crippen molar-refractivity contribution in [3.05, 3.63) is 17.5 Å². The van der Waals surface area contributed by atoms with Crippen molar-refractivity contribution < 1.29 is 14.6 Å². The molecular formula is C9H14N2O3. The Hall–Kier alpha value is -1.36. The van der Waals surface area contributed by atoms with Gasteiger partial charge < -0.3 is 9.84 Å². The third kappa shape index (κ3) is 2.11. The van der Waals surface area contributed by atoms with E-state index >= 15 is 0 Å². The normalized spacial score (nSPS) is 12.6. The highest BCUT2D eigenvalue weighted by Crippen LogP contribution is 2.19. The van der Waals surface area contributed by atoms with Gasteiger partial charge in [-0.25, -0.2) is 0 Å². The van der Waals surface area contributed by atoms with Crippen molar-refractivity contribution in [2.75, 3.05) is 7.11 Å². The first-order chi connectivity index (χ1) is 6.56. The fourth-order valence-corrected chi connectivity index (χ4v) is 1.37. The number of aliphatic hydroxyl groups excluding tert-OH is 1. The number of hydrogen-bond donors (Lipinski definition) is 1. The van der Waals surface area contributed by atoms with Gasteiger partial charge in [-0.1, -0.05) is 0 Å². The van der Waals surface area contributed by atoms with Gasteiger partial charge in [0.2, 0.25) is 0 Å². The molecule has 5 heteroatoms. The zero-order valence-corrected chi connectivity index (χ0v) is 8.52. The molecule has 1 rings (SSSR count). The Labute approximate surface area is 82.3 Å². The van der Waals surface area contributed by atoms with Crippen LogP contribution >= 0.6 is 0 Å².